The third kappa shape index (κ3) is 29.2. The summed E-state index contributed by atoms with van der Waals surface area (Å²) in [6, 6.07) is 0. The molecule has 2 N–H and O–H groups in total. The Labute approximate surface area is 196 Å². The lowest BCUT2D eigenvalue weighted by molar-refractivity contribution is -0.118. The Bertz CT molecular complexity index is 377. The molecule has 2 heteroatoms. The monoisotopic (exact) mass is 435 g/mol. The van der Waals surface area contributed by atoms with Gasteiger partial charge in [-0.2, -0.15) is 0 Å². The summed E-state index contributed by atoms with van der Waals surface area (Å²) in [6.45, 7) is 2.29. The molecule has 0 aliphatic carbocycles. The number of unbranched alkanes of at least 4 members (excludes halogenated alkanes) is 22. The van der Waals surface area contributed by atoms with Gasteiger partial charge in [0.05, 0.1) is 0 Å². The Kier molecular flexibility index (Phi) is 26.5. The third-order valence-corrected chi connectivity index (χ3v) is 6.43. The molecule has 0 aromatic rings. The number of hydrogen-bond donors (Lipinski definition) is 1. The van der Waals surface area contributed by atoms with Crippen LogP contribution in [-0.4, -0.2) is 5.91 Å². The molecule has 0 aliphatic rings. The number of carbonyl (C=O) groups excluding carboxylic acids is 1. The lowest BCUT2D eigenvalue weighted by Crippen LogP contribution is -2.09. The second-order valence-electron chi connectivity index (χ2n) is 9.69. The number of rotatable bonds is 26. The van der Waals surface area contributed by atoms with Crippen LogP contribution >= 0.6 is 0 Å². The fourth-order valence-electron chi connectivity index (χ4n) is 4.31. The molecule has 0 radical (unpaired) electrons. The molecule has 0 fully saturated rings. The maximum atomic E-state index is 10.7. The Morgan fingerprint density at radius 1 is 0.484 bits per heavy atom. The van der Waals surface area contributed by atoms with Crippen LogP contribution in [0, 0.1) is 0 Å². The van der Waals surface area contributed by atoms with Crippen molar-refractivity contribution in [1.29, 1.82) is 0 Å². The lowest BCUT2D eigenvalue weighted by Gasteiger charge is -2.03. The van der Waals surface area contributed by atoms with Crippen molar-refractivity contribution < 1.29 is 4.79 Å². The van der Waals surface area contributed by atoms with Gasteiger partial charge in [0, 0.05) is 6.42 Å². The third-order valence-electron chi connectivity index (χ3n) is 6.43. The van der Waals surface area contributed by atoms with Crippen molar-refractivity contribution in [3.63, 3.8) is 0 Å². The molecule has 1 amide bonds. The molecule has 0 saturated heterocycles. The second kappa shape index (κ2) is 27.2. The molecular formula is C29H57NO. The molecule has 0 rings (SSSR count). The average molecular weight is 436 g/mol. The van der Waals surface area contributed by atoms with Gasteiger partial charge in [0.25, 0.3) is 0 Å². The molecule has 0 aromatic carbocycles. The van der Waals surface area contributed by atoms with Gasteiger partial charge >= 0.3 is 0 Å². The number of allylic oxidation sites excluding steroid dienone is 2. The zero-order valence-corrected chi connectivity index (χ0v) is 21.3. The Morgan fingerprint density at radius 3 is 1.10 bits per heavy atom. The van der Waals surface area contributed by atoms with E-state index in [0.29, 0.717) is 6.42 Å². The summed E-state index contributed by atoms with van der Waals surface area (Å²) in [4.78, 5) is 10.7. The summed E-state index contributed by atoms with van der Waals surface area (Å²) in [5.74, 6) is -0.156. The second-order valence-corrected chi connectivity index (χ2v) is 9.69. The van der Waals surface area contributed by atoms with E-state index in [2.05, 4.69) is 19.1 Å². The summed E-state index contributed by atoms with van der Waals surface area (Å²) in [7, 11) is 0. The minimum Gasteiger partial charge on any atom is -0.370 e. The Hall–Kier alpha value is -0.790. The van der Waals surface area contributed by atoms with Crippen molar-refractivity contribution in [2.75, 3.05) is 0 Å². The molecule has 0 atom stereocenters. The van der Waals surface area contributed by atoms with Gasteiger partial charge in [-0.3, -0.25) is 4.79 Å². The van der Waals surface area contributed by atoms with Crippen LogP contribution in [0.25, 0.3) is 0 Å². The van der Waals surface area contributed by atoms with E-state index >= 15 is 0 Å². The number of carbonyl (C=O) groups is 1. The highest BCUT2D eigenvalue weighted by molar-refractivity contribution is 5.73. The van der Waals surface area contributed by atoms with E-state index in [1.165, 1.54) is 141 Å². The van der Waals surface area contributed by atoms with E-state index in [0.717, 1.165) is 12.8 Å². The van der Waals surface area contributed by atoms with Crippen molar-refractivity contribution in [2.45, 2.75) is 167 Å². The number of nitrogens with two attached hydrogens (primary N) is 1. The van der Waals surface area contributed by atoms with Crippen LogP contribution in [0.15, 0.2) is 12.2 Å². The maximum Gasteiger partial charge on any atom is 0.217 e. The molecular weight excluding hydrogens is 378 g/mol. The fourth-order valence-corrected chi connectivity index (χ4v) is 4.31. The maximum absolute atomic E-state index is 10.7. The highest BCUT2D eigenvalue weighted by Gasteiger charge is 1.96. The SMILES string of the molecule is CCCCCCCCCCCCCCCCCC=CCCCCCCCCCC(N)=O. The summed E-state index contributed by atoms with van der Waals surface area (Å²) >= 11 is 0. The van der Waals surface area contributed by atoms with Gasteiger partial charge in [-0.1, -0.05) is 141 Å². The van der Waals surface area contributed by atoms with Crippen molar-refractivity contribution in [2.24, 2.45) is 5.73 Å². The van der Waals surface area contributed by atoms with Crippen LogP contribution in [0.1, 0.15) is 167 Å². The standard InChI is InChI=1S/C29H57NO/c1-2-3-4-5-6-7-8-9-10-11-12-13-14-15-16-17-18-19-20-21-22-23-24-25-26-27-28-29(30)31/h18-19H,2-17,20-28H2,1H3,(H2,30,31). The van der Waals surface area contributed by atoms with Gasteiger partial charge in [-0.15, -0.1) is 0 Å². The summed E-state index contributed by atoms with van der Waals surface area (Å²) in [5.41, 5.74) is 5.15. The zero-order chi connectivity index (χ0) is 22.7. The molecule has 0 bridgehead atoms. The van der Waals surface area contributed by atoms with Crippen molar-refractivity contribution >= 4 is 5.91 Å². The highest BCUT2D eigenvalue weighted by Crippen LogP contribution is 2.14. The zero-order valence-electron chi connectivity index (χ0n) is 21.3. The number of primary amides is 1. The van der Waals surface area contributed by atoms with E-state index < -0.39 is 0 Å². The van der Waals surface area contributed by atoms with Crippen LogP contribution in [0.3, 0.4) is 0 Å². The van der Waals surface area contributed by atoms with Crippen LogP contribution in [-0.2, 0) is 4.79 Å². The summed E-state index contributed by atoms with van der Waals surface area (Å²) < 4.78 is 0. The first-order valence-electron chi connectivity index (χ1n) is 14.2. The van der Waals surface area contributed by atoms with Gasteiger partial charge < -0.3 is 5.73 Å². The van der Waals surface area contributed by atoms with E-state index in [1.54, 1.807) is 0 Å². The van der Waals surface area contributed by atoms with E-state index in [-0.39, 0.29) is 5.91 Å². The first-order valence-corrected chi connectivity index (χ1v) is 14.2. The predicted molar refractivity (Wildman–Crippen MR) is 139 cm³/mol. The van der Waals surface area contributed by atoms with Crippen molar-refractivity contribution in [3.8, 4) is 0 Å². The minimum atomic E-state index is -0.156. The van der Waals surface area contributed by atoms with Crippen LogP contribution in [0.2, 0.25) is 0 Å². The van der Waals surface area contributed by atoms with E-state index in [1.807, 2.05) is 0 Å². The molecule has 0 heterocycles. The molecule has 0 unspecified atom stereocenters. The Balaban J connectivity index is 3.08. The first kappa shape index (κ1) is 30.2. The summed E-state index contributed by atoms with van der Waals surface area (Å²) in [6.07, 6.45) is 38.2. The molecule has 0 aromatic heterocycles. The van der Waals surface area contributed by atoms with Gasteiger partial charge in [0.2, 0.25) is 5.91 Å². The summed E-state index contributed by atoms with van der Waals surface area (Å²) in [5, 5.41) is 0. The molecule has 0 spiro atoms. The largest absolute Gasteiger partial charge is 0.370 e. The fraction of sp³-hybridized carbons (Fsp3) is 0.897. The molecule has 2 nitrogen and oxygen atoms in total. The highest BCUT2D eigenvalue weighted by atomic mass is 16.1. The van der Waals surface area contributed by atoms with Crippen molar-refractivity contribution in [1.82, 2.24) is 0 Å². The minimum absolute atomic E-state index is 0.156. The Morgan fingerprint density at radius 2 is 0.774 bits per heavy atom. The topological polar surface area (TPSA) is 43.1 Å². The van der Waals surface area contributed by atoms with Crippen LogP contribution in [0.5, 0.6) is 0 Å². The number of amides is 1. The van der Waals surface area contributed by atoms with E-state index in [9.17, 15) is 4.79 Å². The normalized spacial score (nSPS) is 11.5. The lowest BCUT2D eigenvalue weighted by atomic mass is 10.0. The average Bonchev–Trinajstić information content (AvgIpc) is 2.76. The van der Waals surface area contributed by atoms with E-state index in [4.69, 9.17) is 5.73 Å². The quantitative estimate of drug-likeness (QED) is 0.107. The predicted octanol–water partition coefficient (Wildman–Crippen LogP) is 9.80. The van der Waals surface area contributed by atoms with Gasteiger partial charge in [0.15, 0.2) is 0 Å². The van der Waals surface area contributed by atoms with Gasteiger partial charge in [-0.05, 0) is 32.1 Å². The first-order chi connectivity index (χ1) is 15.3. The molecule has 184 valence electrons. The smallest absolute Gasteiger partial charge is 0.217 e. The van der Waals surface area contributed by atoms with Gasteiger partial charge in [0.1, 0.15) is 0 Å². The number of hydrogen-bond acceptors (Lipinski definition) is 1. The molecule has 31 heavy (non-hydrogen) atoms. The molecule has 0 saturated carbocycles. The van der Waals surface area contributed by atoms with Gasteiger partial charge in [-0.25, -0.2) is 0 Å². The van der Waals surface area contributed by atoms with Crippen molar-refractivity contribution in [3.05, 3.63) is 12.2 Å². The molecule has 0 aliphatic heterocycles. The van der Waals surface area contributed by atoms with Crippen LogP contribution in [0.4, 0.5) is 0 Å². The van der Waals surface area contributed by atoms with Crippen LogP contribution < -0.4 is 5.73 Å².